The summed E-state index contributed by atoms with van der Waals surface area (Å²) in [6.45, 7) is 7.00. The first-order chi connectivity index (χ1) is 8.07. The minimum Gasteiger partial charge on any atom is -0.307 e. The fourth-order valence-electron chi connectivity index (χ4n) is 2.92. The first kappa shape index (κ1) is 12.6. The van der Waals surface area contributed by atoms with Gasteiger partial charge in [0.1, 0.15) is 0 Å². The van der Waals surface area contributed by atoms with Crippen molar-refractivity contribution in [1.29, 1.82) is 0 Å². The van der Waals surface area contributed by atoms with Gasteiger partial charge in [-0.3, -0.25) is 4.98 Å². The van der Waals surface area contributed by atoms with E-state index in [4.69, 9.17) is 0 Å². The van der Waals surface area contributed by atoms with E-state index in [1.165, 1.54) is 31.2 Å². The molecule has 1 heterocycles. The number of aromatic nitrogens is 1. The summed E-state index contributed by atoms with van der Waals surface area (Å²) in [5, 5.41) is 3.75. The van der Waals surface area contributed by atoms with Crippen molar-refractivity contribution in [3.05, 3.63) is 30.1 Å². The second kappa shape index (κ2) is 5.18. The lowest BCUT2D eigenvalue weighted by Crippen LogP contribution is -2.38. The number of pyridine rings is 1. The van der Waals surface area contributed by atoms with Gasteiger partial charge in [-0.15, -0.1) is 0 Å². The van der Waals surface area contributed by atoms with Crippen molar-refractivity contribution in [2.24, 2.45) is 5.41 Å². The first-order valence-corrected chi connectivity index (χ1v) is 6.73. The van der Waals surface area contributed by atoms with Gasteiger partial charge in [0.2, 0.25) is 0 Å². The Morgan fingerprint density at radius 3 is 2.94 bits per heavy atom. The second-order valence-corrected chi connectivity index (χ2v) is 6.13. The highest BCUT2D eigenvalue weighted by Crippen LogP contribution is 2.35. The molecule has 2 rings (SSSR count). The standard InChI is InChI=1S/C15H24N2/c1-12(13-6-5-9-16-11-13)17-14-7-4-8-15(2,3)10-14/h5-6,9,11-12,14,17H,4,7-8,10H2,1-3H3. The third kappa shape index (κ3) is 3.53. The average Bonchev–Trinajstić information content (AvgIpc) is 2.29. The van der Waals surface area contributed by atoms with Gasteiger partial charge in [0, 0.05) is 24.5 Å². The summed E-state index contributed by atoms with van der Waals surface area (Å²) in [4.78, 5) is 4.19. The zero-order valence-electron chi connectivity index (χ0n) is 11.2. The third-order valence-electron chi connectivity index (χ3n) is 3.88. The minimum absolute atomic E-state index is 0.405. The Morgan fingerprint density at radius 2 is 2.29 bits per heavy atom. The van der Waals surface area contributed by atoms with Crippen LogP contribution in [-0.2, 0) is 0 Å². The molecule has 2 atom stereocenters. The lowest BCUT2D eigenvalue weighted by atomic mass is 9.75. The van der Waals surface area contributed by atoms with Crippen molar-refractivity contribution in [3.8, 4) is 0 Å². The predicted octanol–water partition coefficient (Wildman–Crippen LogP) is 3.70. The zero-order chi connectivity index (χ0) is 12.3. The van der Waals surface area contributed by atoms with Gasteiger partial charge in [-0.2, -0.15) is 0 Å². The van der Waals surface area contributed by atoms with Crippen LogP contribution in [0.15, 0.2) is 24.5 Å². The van der Waals surface area contributed by atoms with Crippen LogP contribution in [0.1, 0.15) is 58.1 Å². The van der Waals surface area contributed by atoms with Gasteiger partial charge >= 0.3 is 0 Å². The Morgan fingerprint density at radius 1 is 1.47 bits per heavy atom. The Labute approximate surface area is 105 Å². The molecule has 1 saturated carbocycles. The maximum absolute atomic E-state index is 4.19. The summed E-state index contributed by atoms with van der Waals surface area (Å²) < 4.78 is 0. The molecule has 1 fully saturated rings. The molecule has 0 spiro atoms. The van der Waals surface area contributed by atoms with Crippen molar-refractivity contribution in [3.63, 3.8) is 0 Å². The van der Waals surface area contributed by atoms with Crippen LogP contribution in [0.25, 0.3) is 0 Å². The molecule has 0 aliphatic heterocycles. The van der Waals surface area contributed by atoms with E-state index < -0.39 is 0 Å². The van der Waals surface area contributed by atoms with Crippen molar-refractivity contribution in [1.82, 2.24) is 10.3 Å². The zero-order valence-corrected chi connectivity index (χ0v) is 11.2. The smallest absolute Gasteiger partial charge is 0.0315 e. The number of nitrogens with one attached hydrogen (secondary N) is 1. The van der Waals surface area contributed by atoms with Crippen LogP contribution in [0.5, 0.6) is 0 Å². The van der Waals surface area contributed by atoms with Gasteiger partial charge < -0.3 is 5.32 Å². The van der Waals surface area contributed by atoms with Crippen LogP contribution in [0, 0.1) is 5.41 Å². The van der Waals surface area contributed by atoms with Crippen LogP contribution in [0.2, 0.25) is 0 Å². The molecule has 1 aromatic rings. The summed E-state index contributed by atoms with van der Waals surface area (Å²) in [6.07, 6.45) is 9.12. The molecule has 2 unspecified atom stereocenters. The number of nitrogens with zero attached hydrogens (tertiary/aromatic N) is 1. The van der Waals surface area contributed by atoms with E-state index in [9.17, 15) is 0 Å². The quantitative estimate of drug-likeness (QED) is 0.859. The predicted molar refractivity (Wildman–Crippen MR) is 71.8 cm³/mol. The molecule has 94 valence electrons. The molecule has 1 N–H and O–H groups in total. The highest BCUT2D eigenvalue weighted by Gasteiger charge is 2.28. The number of hydrogen-bond donors (Lipinski definition) is 1. The van der Waals surface area contributed by atoms with Gasteiger partial charge in [-0.05, 0) is 43.2 Å². The minimum atomic E-state index is 0.405. The molecule has 0 amide bonds. The van der Waals surface area contributed by atoms with Gasteiger partial charge in [0.25, 0.3) is 0 Å². The number of rotatable bonds is 3. The first-order valence-electron chi connectivity index (χ1n) is 6.73. The fraction of sp³-hybridized carbons (Fsp3) is 0.667. The molecule has 0 radical (unpaired) electrons. The third-order valence-corrected chi connectivity index (χ3v) is 3.88. The molecule has 1 aliphatic rings. The molecule has 1 aromatic heterocycles. The van der Waals surface area contributed by atoms with Crippen molar-refractivity contribution in [2.45, 2.75) is 58.5 Å². The van der Waals surface area contributed by atoms with E-state index in [0.717, 1.165) is 0 Å². The molecular formula is C15H24N2. The Bertz CT molecular complexity index is 345. The molecule has 2 nitrogen and oxygen atoms in total. The highest BCUT2D eigenvalue weighted by atomic mass is 14.9. The van der Waals surface area contributed by atoms with Gasteiger partial charge in [0.15, 0.2) is 0 Å². The van der Waals surface area contributed by atoms with Crippen LogP contribution in [-0.4, -0.2) is 11.0 Å². The van der Waals surface area contributed by atoms with E-state index in [1.807, 2.05) is 18.5 Å². The van der Waals surface area contributed by atoms with Crippen molar-refractivity contribution in [2.75, 3.05) is 0 Å². The average molecular weight is 232 g/mol. The second-order valence-electron chi connectivity index (χ2n) is 6.13. The molecular weight excluding hydrogens is 208 g/mol. The molecule has 0 bridgehead atoms. The summed E-state index contributed by atoms with van der Waals surface area (Å²) in [6, 6.07) is 5.23. The van der Waals surface area contributed by atoms with Crippen LogP contribution in [0.4, 0.5) is 0 Å². The van der Waals surface area contributed by atoms with E-state index >= 15 is 0 Å². The highest BCUT2D eigenvalue weighted by molar-refractivity contribution is 5.13. The molecule has 1 aliphatic carbocycles. The van der Waals surface area contributed by atoms with Gasteiger partial charge in [0.05, 0.1) is 0 Å². The normalized spacial score (nSPS) is 25.5. The SMILES string of the molecule is CC(NC1CCCC(C)(C)C1)c1cccnc1. The monoisotopic (exact) mass is 232 g/mol. The molecule has 0 saturated heterocycles. The van der Waals surface area contributed by atoms with E-state index in [1.54, 1.807) is 0 Å². The van der Waals surface area contributed by atoms with E-state index in [0.29, 0.717) is 17.5 Å². The Balaban J connectivity index is 1.93. The summed E-state index contributed by atoms with van der Waals surface area (Å²) in [5.41, 5.74) is 1.79. The Kier molecular flexibility index (Phi) is 3.82. The van der Waals surface area contributed by atoms with Gasteiger partial charge in [-0.1, -0.05) is 26.3 Å². The maximum atomic E-state index is 4.19. The summed E-state index contributed by atoms with van der Waals surface area (Å²) in [5.74, 6) is 0. The van der Waals surface area contributed by atoms with Crippen molar-refractivity contribution >= 4 is 0 Å². The van der Waals surface area contributed by atoms with E-state index in [-0.39, 0.29) is 0 Å². The Hall–Kier alpha value is -0.890. The van der Waals surface area contributed by atoms with Crippen molar-refractivity contribution < 1.29 is 0 Å². The van der Waals surface area contributed by atoms with Crippen LogP contribution < -0.4 is 5.32 Å². The molecule has 2 heteroatoms. The summed E-state index contributed by atoms with van der Waals surface area (Å²) >= 11 is 0. The number of hydrogen-bond acceptors (Lipinski definition) is 2. The lowest BCUT2D eigenvalue weighted by molar-refractivity contribution is 0.191. The molecule has 0 aromatic carbocycles. The van der Waals surface area contributed by atoms with Gasteiger partial charge in [-0.25, -0.2) is 0 Å². The maximum Gasteiger partial charge on any atom is 0.0315 e. The summed E-state index contributed by atoms with van der Waals surface area (Å²) in [7, 11) is 0. The largest absolute Gasteiger partial charge is 0.307 e. The fourth-order valence-corrected chi connectivity index (χ4v) is 2.92. The molecule has 17 heavy (non-hydrogen) atoms. The topological polar surface area (TPSA) is 24.9 Å². The van der Waals surface area contributed by atoms with Crippen LogP contribution in [0.3, 0.4) is 0 Å². The lowest BCUT2D eigenvalue weighted by Gasteiger charge is -2.37. The van der Waals surface area contributed by atoms with E-state index in [2.05, 4.69) is 37.1 Å². The van der Waals surface area contributed by atoms with Crippen LogP contribution >= 0.6 is 0 Å².